The molecule has 0 aliphatic rings. The van der Waals surface area contributed by atoms with Crippen molar-refractivity contribution in [3.05, 3.63) is 64.9 Å². The number of pyridine rings is 1. The Hall–Kier alpha value is -2.75. The average molecular weight is 491 g/mol. The largest absolute Gasteiger partial charge is 0.598 e. The zero-order valence-corrected chi connectivity index (χ0v) is 20.8. The number of ether oxygens (including phenoxy) is 2. The second kappa shape index (κ2) is 10.2. The molecule has 9 heteroatoms. The molecule has 182 valence electrons. The van der Waals surface area contributed by atoms with E-state index in [2.05, 4.69) is 9.71 Å². The first kappa shape index (κ1) is 25.9. The van der Waals surface area contributed by atoms with Crippen molar-refractivity contribution in [3.63, 3.8) is 0 Å². The van der Waals surface area contributed by atoms with Gasteiger partial charge in [0.2, 0.25) is 5.88 Å². The number of benzene rings is 2. The van der Waals surface area contributed by atoms with Gasteiger partial charge >= 0.3 is 0 Å². The second-order valence-corrected chi connectivity index (χ2v) is 10.7. The van der Waals surface area contributed by atoms with Crippen molar-refractivity contribution in [2.24, 2.45) is 0 Å². The van der Waals surface area contributed by atoms with Crippen LogP contribution in [-0.4, -0.2) is 33.8 Å². The van der Waals surface area contributed by atoms with Crippen molar-refractivity contribution < 1.29 is 27.6 Å². The first-order valence-electron chi connectivity index (χ1n) is 10.8. The number of rotatable bonds is 8. The summed E-state index contributed by atoms with van der Waals surface area (Å²) < 4.78 is 56.2. The molecular weight excluding hydrogens is 462 g/mol. The van der Waals surface area contributed by atoms with E-state index in [4.69, 9.17) is 9.47 Å². The van der Waals surface area contributed by atoms with Gasteiger partial charge in [0.05, 0.1) is 25.3 Å². The molecule has 0 aliphatic carbocycles. The van der Waals surface area contributed by atoms with E-state index in [1.165, 1.54) is 19.4 Å². The summed E-state index contributed by atoms with van der Waals surface area (Å²) in [6, 6.07) is 6.76. The molecule has 1 aromatic heterocycles. The molecule has 0 aliphatic heterocycles. The first-order valence-corrected chi connectivity index (χ1v) is 11.9. The maximum Gasteiger partial charge on any atom is 0.221 e. The quantitative estimate of drug-likeness (QED) is 0.342. The summed E-state index contributed by atoms with van der Waals surface area (Å²) in [5.74, 6) is -2.95. The minimum Gasteiger partial charge on any atom is -0.598 e. The predicted octanol–water partition coefficient (Wildman–Crippen LogP) is 5.26. The SMILES string of the molecule is CCOc1nccc2c(C(=O)c3c(F)cc([C@@H](C)N[S+]([O-])C(C)(C)C)c(OC)c3F)cccc12. The molecule has 34 heavy (non-hydrogen) atoms. The fourth-order valence-corrected chi connectivity index (χ4v) is 4.32. The minimum absolute atomic E-state index is 0.105. The Morgan fingerprint density at radius 3 is 2.56 bits per heavy atom. The number of hydrogen-bond donors (Lipinski definition) is 1. The molecular formula is C25H28F2N2O4S. The molecule has 3 rings (SSSR count). The molecule has 1 heterocycles. The molecule has 0 fully saturated rings. The summed E-state index contributed by atoms with van der Waals surface area (Å²) in [6.45, 7) is 9.13. The van der Waals surface area contributed by atoms with Gasteiger partial charge in [0.25, 0.3) is 0 Å². The van der Waals surface area contributed by atoms with E-state index in [1.54, 1.807) is 52.8 Å². The number of ketones is 1. The lowest BCUT2D eigenvalue weighted by atomic mass is 9.95. The summed E-state index contributed by atoms with van der Waals surface area (Å²) in [6.07, 6.45) is 1.48. The number of methoxy groups -OCH3 is 1. The molecule has 0 spiro atoms. The van der Waals surface area contributed by atoms with E-state index in [0.717, 1.165) is 6.07 Å². The second-order valence-electron chi connectivity index (χ2n) is 8.67. The third-order valence-corrected chi connectivity index (χ3v) is 6.91. The van der Waals surface area contributed by atoms with Crippen molar-refractivity contribution in [2.75, 3.05) is 13.7 Å². The number of nitrogens with zero attached hydrogens (tertiary/aromatic N) is 1. The maximum absolute atomic E-state index is 15.5. The highest BCUT2D eigenvalue weighted by Gasteiger charge is 2.32. The Morgan fingerprint density at radius 2 is 1.94 bits per heavy atom. The summed E-state index contributed by atoms with van der Waals surface area (Å²) >= 11 is -1.49. The van der Waals surface area contributed by atoms with Crippen molar-refractivity contribution in [1.82, 2.24) is 9.71 Å². The highest BCUT2D eigenvalue weighted by atomic mass is 32.2. The van der Waals surface area contributed by atoms with Crippen LogP contribution < -0.4 is 14.2 Å². The highest BCUT2D eigenvalue weighted by Crippen LogP contribution is 2.35. The van der Waals surface area contributed by atoms with Crippen LogP contribution in [0.1, 0.15) is 62.1 Å². The Kier molecular flexibility index (Phi) is 7.80. The van der Waals surface area contributed by atoms with Crippen LogP contribution in [0.5, 0.6) is 11.6 Å². The Morgan fingerprint density at radius 1 is 1.24 bits per heavy atom. The van der Waals surface area contributed by atoms with Gasteiger partial charge in [0, 0.05) is 34.1 Å². The van der Waals surface area contributed by atoms with E-state index >= 15 is 8.78 Å². The number of carbonyl (C=O) groups excluding carboxylic acids is 1. The molecule has 0 radical (unpaired) electrons. The van der Waals surface area contributed by atoms with Gasteiger partial charge in [0.1, 0.15) is 10.6 Å². The van der Waals surface area contributed by atoms with Crippen LogP contribution in [0.25, 0.3) is 10.8 Å². The van der Waals surface area contributed by atoms with Crippen LogP contribution >= 0.6 is 0 Å². The van der Waals surface area contributed by atoms with Gasteiger partial charge in [-0.25, -0.2) is 13.8 Å². The molecule has 0 bridgehead atoms. The van der Waals surface area contributed by atoms with Crippen molar-refractivity contribution in [3.8, 4) is 11.6 Å². The third kappa shape index (κ3) is 5.01. The van der Waals surface area contributed by atoms with E-state index in [0.29, 0.717) is 23.3 Å². The molecule has 0 saturated carbocycles. The molecule has 2 aromatic carbocycles. The smallest absolute Gasteiger partial charge is 0.221 e. The van der Waals surface area contributed by atoms with Gasteiger partial charge in [-0.15, -0.1) is 4.72 Å². The lowest BCUT2D eigenvalue weighted by Crippen LogP contribution is -2.40. The van der Waals surface area contributed by atoms with Gasteiger partial charge in [-0.3, -0.25) is 4.79 Å². The van der Waals surface area contributed by atoms with Crippen LogP contribution in [0.3, 0.4) is 0 Å². The van der Waals surface area contributed by atoms with Crippen molar-refractivity contribution >= 4 is 27.9 Å². The highest BCUT2D eigenvalue weighted by molar-refractivity contribution is 7.90. The number of fused-ring (bicyclic) bond motifs is 1. The lowest BCUT2D eigenvalue weighted by Gasteiger charge is -2.27. The summed E-state index contributed by atoms with van der Waals surface area (Å²) in [5, 5.41) is 1.02. The van der Waals surface area contributed by atoms with Gasteiger partial charge in [-0.2, -0.15) is 0 Å². The number of nitrogens with one attached hydrogen (secondary N) is 1. The number of hydrogen-bond acceptors (Lipinski definition) is 6. The number of carbonyl (C=O) groups is 1. The molecule has 0 saturated heterocycles. The molecule has 1 N–H and O–H groups in total. The van der Waals surface area contributed by atoms with E-state index < -0.39 is 45.1 Å². The Balaban J connectivity index is 2.10. The Labute approximate surface area is 201 Å². The third-order valence-electron chi connectivity index (χ3n) is 5.23. The molecule has 1 unspecified atom stereocenters. The predicted molar refractivity (Wildman–Crippen MR) is 129 cm³/mol. The summed E-state index contributed by atoms with van der Waals surface area (Å²) in [5.41, 5.74) is -0.507. The number of aromatic nitrogens is 1. The van der Waals surface area contributed by atoms with Gasteiger partial charge in [-0.05, 0) is 58.2 Å². The molecule has 6 nitrogen and oxygen atoms in total. The van der Waals surface area contributed by atoms with Gasteiger partial charge < -0.3 is 14.0 Å². The fraction of sp³-hybridized carbons (Fsp3) is 0.360. The van der Waals surface area contributed by atoms with Crippen molar-refractivity contribution in [1.29, 1.82) is 0 Å². The number of halogens is 2. The van der Waals surface area contributed by atoms with E-state index in [-0.39, 0.29) is 16.9 Å². The van der Waals surface area contributed by atoms with E-state index in [9.17, 15) is 9.35 Å². The summed E-state index contributed by atoms with van der Waals surface area (Å²) in [7, 11) is 1.24. The van der Waals surface area contributed by atoms with Gasteiger partial charge in [-0.1, -0.05) is 12.1 Å². The fourth-order valence-electron chi connectivity index (χ4n) is 3.52. The normalized spacial score (nSPS) is 13.6. The molecule has 0 amide bonds. The maximum atomic E-state index is 15.5. The van der Waals surface area contributed by atoms with Crippen LogP contribution in [0.2, 0.25) is 0 Å². The first-order chi connectivity index (χ1) is 16.0. The van der Waals surface area contributed by atoms with Crippen LogP contribution in [-0.2, 0) is 11.4 Å². The zero-order chi connectivity index (χ0) is 25.2. The standard InChI is InChI=1S/C25H28F2N2O4S/c1-7-33-24-17-10-8-9-16(15(17)11-12-28-24)22(30)20-19(26)13-18(23(32-6)21(20)27)14(2)29-34(31)25(3,4)5/h8-14,29H,7H2,1-6H3/t14-,34?/m1/s1. The average Bonchev–Trinajstić information content (AvgIpc) is 2.78. The molecule has 2 atom stereocenters. The van der Waals surface area contributed by atoms with Crippen LogP contribution in [0, 0.1) is 11.6 Å². The Bertz CT molecular complexity index is 1210. The summed E-state index contributed by atoms with van der Waals surface area (Å²) in [4.78, 5) is 17.5. The molecule has 3 aromatic rings. The topological polar surface area (TPSA) is 83.5 Å². The minimum atomic E-state index is -1.49. The van der Waals surface area contributed by atoms with Crippen molar-refractivity contribution in [2.45, 2.75) is 45.4 Å². The monoisotopic (exact) mass is 490 g/mol. The zero-order valence-electron chi connectivity index (χ0n) is 20.0. The van der Waals surface area contributed by atoms with Crippen LogP contribution in [0.4, 0.5) is 8.78 Å². The van der Waals surface area contributed by atoms with E-state index in [1.807, 2.05) is 0 Å². The van der Waals surface area contributed by atoms with Gasteiger partial charge in [0.15, 0.2) is 17.3 Å². The van der Waals surface area contributed by atoms with Crippen LogP contribution in [0.15, 0.2) is 36.5 Å². The lowest BCUT2D eigenvalue weighted by molar-refractivity contribution is 0.103.